The van der Waals surface area contributed by atoms with Crippen molar-refractivity contribution in [3.63, 3.8) is 0 Å². The Balaban J connectivity index is 1.32. The summed E-state index contributed by atoms with van der Waals surface area (Å²) >= 11 is 0. The van der Waals surface area contributed by atoms with Crippen LogP contribution >= 0.6 is 0 Å². The maximum absolute atomic E-state index is 14.3. The predicted molar refractivity (Wildman–Crippen MR) is 157 cm³/mol. The Labute approximate surface area is 249 Å². The molecule has 2 aromatic carbocycles. The maximum atomic E-state index is 14.3. The van der Waals surface area contributed by atoms with Crippen LogP contribution in [0.1, 0.15) is 40.5 Å². The first kappa shape index (κ1) is 29.1. The van der Waals surface area contributed by atoms with Gasteiger partial charge in [0.15, 0.2) is 0 Å². The van der Waals surface area contributed by atoms with Gasteiger partial charge < -0.3 is 30.1 Å². The van der Waals surface area contributed by atoms with Crippen molar-refractivity contribution in [3.05, 3.63) is 48.5 Å². The quantitative estimate of drug-likeness (QED) is 0.326. The van der Waals surface area contributed by atoms with E-state index >= 15 is 0 Å². The van der Waals surface area contributed by atoms with Crippen molar-refractivity contribution in [1.82, 2.24) is 25.2 Å². The lowest BCUT2D eigenvalue weighted by atomic mass is 9.62. The molecule has 3 amide bonds. The lowest BCUT2D eigenvalue weighted by Crippen LogP contribution is -2.58. The number of nitrogens with one attached hydrogen (secondary N) is 2. The molecular weight excluding hydrogens is 552 g/mol. The van der Waals surface area contributed by atoms with Crippen LogP contribution in [-0.4, -0.2) is 79.2 Å². The number of carbonyl (C=O) groups excluding carboxylic acids is 3. The Bertz CT molecular complexity index is 1540. The summed E-state index contributed by atoms with van der Waals surface area (Å²) in [5.74, 6) is -2.28. The van der Waals surface area contributed by atoms with Crippen molar-refractivity contribution in [1.29, 1.82) is 0 Å². The van der Waals surface area contributed by atoms with Crippen molar-refractivity contribution in [2.24, 2.45) is 17.8 Å². The zero-order valence-electron chi connectivity index (χ0n) is 24.8. The summed E-state index contributed by atoms with van der Waals surface area (Å²) in [6.45, 7) is 7.85. The smallest absolute Gasteiger partial charge is 0.247 e. The van der Waals surface area contributed by atoms with Crippen LogP contribution in [0.5, 0.6) is 5.75 Å². The van der Waals surface area contributed by atoms with Crippen molar-refractivity contribution in [3.8, 4) is 5.75 Å². The van der Waals surface area contributed by atoms with E-state index in [-0.39, 0.29) is 31.0 Å². The number of nitrogens with zero attached hydrogens (tertiary/aromatic N) is 4. The van der Waals surface area contributed by atoms with Crippen LogP contribution in [0.2, 0.25) is 0 Å². The minimum Gasteiger partial charge on any atom is -0.494 e. The number of likely N-dealkylation sites (tertiary alicyclic amines) is 1. The molecule has 3 N–H and O–H groups in total. The fraction of sp³-hybridized carbons (Fsp3) is 0.516. The molecule has 3 fully saturated rings. The fourth-order valence-corrected chi connectivity index (χ4v) is 7.49. The minimum atomic E-state index is -1.23. The Morgan fingerprint density at radius 3 is 2.60 bits per heavy atom. The van der Waals surface area contributed by atoms with Crippen LogP contribution in [0.4, 0.5) is 5.69 Å². The average Bonchev–Trinajstić information content (AvgIpc) is 3.67. The van der Waals surface area contributed by atoms with E-state index in [4.69, 9.17) is 9.47 Å². The minimum absolute atomic E-state index is 0.0308. The Hall–Kier alpha value is -4.03. The number of benzene rings is 2. The summed E-state index contributed by atoms with van der Waals surface area (Å²) in [6.07, 6.45) is 0.855. The summed E-state index contributed by atoms with van der Waals surface area (Å²) < 4.78 is 13.9. The van der Waals surface area contributed by atoms with Gasteiger partial charge in [-0.2, -0.15) is 0 Å². The summed E-state index contributed by atoms with van der Waals surface area (Å²) in [7, 11) is 0. The molecule has 43 heavy (non-hydrogen) atoms. The number of hydrogen-bond acceptors (Lipinski definition) is 8. The van der Waals surface area contributed by atoms with Gasteiger partial charge in [0.2, 0.25) is 17.7 Å². The molecule has 7 atom stereocenters. The molecule has 1 aromatic heterocycles. The van der Waals surface area contributed by atoms with Gasteiger partial charge in [-0.3, -0.25) is 14.4 Å². The Kier molecular flexibility index (Phi) is 7.37. The molecule has 3 aliphatic heterocycles. The molecule has 0 radical (unpaired) electrons. The van der Waals surface area contributed by atoms with E-state index in [1.165, 1.54) is 4.90 Å². The lowest BCUT2D eigenvalue weighted by Gasteiger charge is -2.36. The molecule has 4 heterocycles. The van der Waals surface area contributed by atoms with Gasteiger partial charge in [0, 0.05) is 5.69 Å². The SMILES string of the molecule is CCOc1ccc(NC(=O)[C@@H]2[C@H]3C(=O)N([C@@H](CC)CO)C(C(=O)NCn4nnc5ccccc54)C34CC(C)[C@@]2(C)O4)cc1. The first-order valence-electron chi connectivity index (χ1n) is 14.9. The summed E-state index contributed by atoms with van der Waals surface area (Å²) in [4.78, 5) is 43.9. The number of ether oxygens (including phenoxy) is 2. The summed E-state index contributed by atoms with van der Waals surface area (Å²) in [5.41, 5.74) is -0.183. The monoisotopic (exact) mass is 590 g/mol. The summed E-state index contributed by atoms with van der Waals surface area (Å²) in [6, 6.07) is 12.8. The van der Waals surface area contributed by atoms with Gasteiger partial charge >= 0.3 is 0 Å². The standard InChI is InChI=1S/C31H38N6O6/c1-5-20(16-38)37-26(28(40)32-17-36-23-10-8-7-9-22(23)34-35-36)31-15-18(3)30(4,43-31)24(25(31)29(37)41)27(39)33-19-11-13-21(14-12-19)42-6-2/h7-14,18,20,24-26,38H,5-6,15-17H2,1-4H3,(H,32,40)(H,33,39)/t18?,20-,24-,25-,26?,30+,31?/m0/s1. The second-order valence-electron chi connectivity index (χ2n) is 11.9. The maximum Gasteiger partial charge on any atom is 0.247 e. The van der Waals surface area contributed by atoms with Crippen LogP contribution in [0.3, 0.4) is 0 Å². The van der Waals surface area contributed by atoms with Gasteiger partial charge in [-0.05, 0) is 69.0 Å². The number of carbonyl (C=O) groups is 3. The van der Waals surface area contributed by atoms with Crippen LogP contribution in [0, 0.1) is 17.8 Å². The molecule has 6 rings (SSSR count). The third-order valence-corrected chi connectivity index (χ3v) is 9.61. The first-order chi connectivity index (χ1) is 20.7. The van der Waals surface area contributed by atoms with E-state index in [2.05, 4.69) is 20.9 Å². The van der Waals surface area contributed by atoms with Crippen molar-refractivity contribution >= 4 is 34.4 Å². The molecule has 3 aliphatic rings. The number of fused-ring (bicyclic) bond motifs is 2. The molecule has 0 saturated carbocycles. The molecule has 3 aromatic rings. The van der Waals surface area contributed by atoms with E-state index in [9.17, 15) is 19.5 Å². The largest absolute Gasteiger partial charge is 0.494 e. The van der Waals surface area contributed by atoms with E-state index in [1.807, 2.05) is 52.0 Å². The fourth-order valence-electron chi connectivity index (χ4n) is 7.49. The van der Waals surface area contributed by atoms with Crippen LogP contribution in [0.25, 0.3) is 11.0 Å². The average molecular weight is 591 g/mol. The van der Waals surface area contributed by atoms with Crippen molar-refractivity contribution in [2.75, 3.05) is 18.5 Å². The van der Waals surface area contributed by atoms with Gasteiger partial charge in [-0.25, -0.2) is 4.68 Å². The molecule has 3 unspecified atom stereocenters. The Morgan fingerprint density at radius 2 is 1.91 bits per heavy atom. The number of hydrogen-bond donors (Lipinski definition) is 3. The highest BCUT2D eigenvalue weighted by atomic mass is 16.5. The number of anilines is 1. The van der Waals surface area contributed by atoms with Crippen molar-refractivity contribution < 1.29 is 29.0 Å². The van der Waals surface area contributed by atoms with Gasteiger partial charge in [0.05, 0.1) is 42.2 Å². The number of aliphatic hydroxyl groups is 1. The topological polar surface area (TPSA) is 148 Å². The number of aliphatic hydroxyl groups excluding tert-OH is 1. The predicted octanol–water partition coefficient (Wildman–Crippen LogP) is 2.32. The third kappa shape index (κ3) is 4.46. The number of para-hydroxylation sites is 1. The number of aromatic nitrogens is 3. The number of rotatable bonds is 10. The van der Waals surface area contributed by atoms with Crippen LogP contribution in [-0.2, 0) is 25.8 Å². The number of amides is 3. The molecular formula is C31H38N6O6. The zero-order valence-corrected chi connectivity index (χ0v) is 24.8. The highest BCUT2D eigenvalue weighted by Gasteiger charge is 2.80. The Morgan fingerprint density at radius 1 is 1.16 bits per heavy atom. The van der Waals surface area contributed by atoms with E-state index in [0.29, 0.717) is 36.4 Å². The van der Waals surface area contributed by atoms with Gasteiger partial charge in [0.1, 0.15) is 29.6 Å². The van der Waals surface area contributed by atoms with Gasteiger partial charge in [0.25, 0.3) is 0 Å². The van der Waals surface area contributed by atoms with Gasteiger partial charge in [-0.1, -0.05) is 31.2 Å². The lowest BCUT2D eigenvalue weighted by molar-refractivity contribution is -0.150. The van der Waals surface area contributed by atoms with E-state index in [1.54, 1.807) is 28.9 Å². The van der Waals surface area contributed by atoms with Crippen molar-refractivity contribution in [2.45, 2.75) is 70.5 Å². The van der Waals surface area contributed by atoms with Crippen LogP contribution in [0.15, 0.2) is 48.5 Å². The summed E-state index contributed by atoms with van der Waals surface area (Å²) in [5, 5.41) is 24.5. The third-order valence-electron chi connectivity index (χ3n) is 9.61. The highest BCUT2D eigenvalue weighted by molar-refractivity contribution is 6.02. The highest BCUT2D eigenvalue weighted by Crippen LogP contribution is 2.65. The molecule has 0 aliphatic carbocycles. The molecule has 228 valence electrons. The van der Waals surface area contributed by atoms with E-state index < -0.39 is 41.0 Å². The molecule has 12 heteroatoms. The second kappa shape index (κ2) is 10.9. The van der Waals surface area contributed by atoms with Gasteiger partial charge in [-0.15, -0.1) is 5.10 Å². The van der Waals surface area contributed by atoms with E-state index in [0.717, 1.165) is 5.52 Å². The molecule has 3 saturated heterocycles. The molecule has 1 spiro atoms. The molecule has 2 bridgehead atoms. The first-order valence-corrected chi connectivity index (χ1v) is 14.9. The zero-order chi connectivity index (χ0) is 30.5. The van der Waals surface area contributed by atoms with Crippen LogP contribution < -0.4 is 15.4 Å². The molecule has 12 nitrogen and oxygen atoms in total. The second-order valence-corrected chi connectivity index (χ2v) is 11.9. The normalized spacial score (nSPS) is 30.0.